The van der Waals surface area contributed by atoms with Crippen LogP contribution in [-0.2, 0) is 17.5 Å². The zero-order valence-electron chi connectivity index (χ0n) is 21.1. The number of likely N-dealkylation sites (N-methyl/N-ethyl adjacent to an activating group) is 1. The molecule has 196 valence electrons. The lowest BCUT2D eigenvalue weighted by Gasteiger charge is -2.31. The molecule has 37 heavy (non-hydrogen) atoms. The summed E-state index contributed by atoms with van der Waals surface area (Å²) >= 11 is 0. The number of piperazine rings is 1. The molecule has 0 radical (unpaired) electrons. The number of hydrogen-bond acceptors (Lipinski definition) is 8. The summed E-state index contributed by atoms with van der Waals surface area (Å²) in [4.78, 5) is 28.0. The SMILES string of the molecule is COc1c(OCCCS(=O)N2CCN(C)CC2)ccc2c3n(c(=NC(=O)c4cccnc4)nc12)CCN3. The molecule has 1 N–H and O–H groups in total. The van der Waals surface area contributed by atoms with E-state index in [-0.39, 0.29) is 0 Å². The van der Waals surface area contributed by atoms with E-state index in [0.717, 1.165) is 37.4 Å². The molecule has 2 aliphatic heterocycles. The summed E-state index contributed by atoms with van der Waals surface area (Å²) < 4.78 is 28.3. The lowest BCUT2D eigenvalue weighted by atomic mass is 10.2. The summed E-state index contributed by atoms with van der Waals surface area (Å²) in [6.45, 7) is 5.25. The van der Waals surface area contributed by atoms with E-state index in [2.05, 4.69) is 27.2 Å². The molecule has 0 saturated carbocycles. The smallest absolute Gasteiger partial charge is 0.281 e. The van der Waals surface area contributed by atoms with Crippen LogP contribution in [-0.4, -0.2) is 93.1 Å². The second-order valence-electron chi connectivity index (χ2n) is 8.95. The largest absolute Gasteiger partial charge is 0.491 e. The number of benzene rings is 1. The summed E-state index contributed by atoms with van der Waals surface area (Å²) in [5, 5.41) is 4.22. The van der Waals surface area contributed by atoms with Gasteiger partial charge in [-0.1, -0.05) is 0 Å². The van der Waals surface area contributed by atoms with Crippen LogP contribution in [0.5, 0.6) is 11.5 Å². The highest BCUT2D eigenvalue weighted by Gasteiger charge is 2.22. The quantitative estimate of drug-likeness (QED) is 0.438. The summed E-state index contributed by atoms with van der Waals surface area (Å²) in [6.07, 6.45) is 3.74. The molecule has 1 fully saturated rings. The highest BCUT2D eigenvalue weighted by atomic mass is 32.2. The van der Waals surface area contributed by atoms with E-state index in [0.29, 0.717) is 60.1 Å². The zero-order valence-corrected chi connectivity index (χ0v) is 21.9. The molecule has 12 heteroatoms. The predicted octanol–water partition coefficient (Wildman–Crippen LogP) is 1.29. The normalized spacial score (nSPS) is 17.4. The number of anilines is 1. The molecule has 3 aromatic rings. The van der Waals surface area contributed by atoms with Gasteiger partial charge in [0.2, 0.25) is 5.62 Å². The second kappa shape index (κ2) is 11.4. The number of methoxy groups -OCH3 is 1. The Balaban J connectivity index is 1.36. The molecule has 1 unspecified atom stereocenters. The maximum atomic E-state index is 12.8. The minimum absolute atomic E-state index is 0.291. The van der Waals surface area contributed by atoms with Crippen molar-refractivity contribution in [2.45, 2.75) is 13.0 Å². The number of hydrogen-bond donors (Lipinski definition) is 1. The van der Waals surface area contributed by atoms with Crippen molar-refractivity contribution in [1.29, 1.82) is 0 Å². The fourth-order valence-corrected chi connectivity index (χ4v) is 5.67. The maximum Gasteiger partial charge on any atom is 0.281 e. The molecule has 11 nitrogen and oxygen atoms in total. The fourth-order valence-electron chi connectivity index (χ4n) is 4.48. The molecular weight excluding hydrogens is 494 g/mol. The zero-order chi connectivity index (χ0) is 25.8. The fraction of sp³-hybridized carbons (Fsp3) is 0.440. The number of fused-ring (bicyclic) bond motifs is 3. The number of ether oxygens (including phenoxy) is 2. The van der Waals surface area contributed by atoms with Crippen LogP contribution >= 0.6 is 0 Å². The Morgan fingerprint density at radius 2 is 2.03 bits per heavy atom. The van der Waals surface area contributed by atoms with Crippen LogP contribution in [0.25, 0.3) is 10.9 Å². The Hall–Kier alpha value is -3.35. The van der Waals surface area contributed by atoms with Crippen molar-refractivity contribution < 1.29 is 18.5 Å². The van der Waals surface area contributed by atoms with Gasteiger partial charge in [0.05, 0.1) is 30.3 Å². The molecule has 1 saturated heterocycles. The standard InChI is InChI=1S/C25H31N7O4S/c1-30-11-13-31(14-12-30)37(34)16-4-15-36-20-7-6-19-21(22(20)35-2)28-25(32-10-9-27-23(19)32)29-24(33)18-5-3-8-26-17-18/h3,5-8,17,27H,4,9-16H2,1-2H3. The second-order valence-corrected chi connectivity index (χ2v) is 10.5. The third kappa shape index (κ3) is 5.50. The highest BCUT2D eigenvalue weighted by Crippen LogP contribution is 2.37. The van der Waals surface area contributed by atoms with E-state index >= 15 is 0 Å². The molecule has 0 aliphatic carbocycles. The number of nitrogens with one attached hydrogen (secondary N) is 1. The Morgan fingerprint density at radius 3 is 2.78 bits per heavy atom. The van der Waals surface area contributed by atoms with Crippen LogP contribution in [0, 0.1) is 0 Å². The average Bonchev–Trinajstić information content (AvgIpc) is 3.42. The Labute approximate surface area is 217 Å². The molecule has 1 atom stereocenters. The summed E-state index contributed by atoms with van der Waals surface area (Å²) in [5.41, 5.74) is 1.24. The third-order valence-electron chi connectivity index (χ3n) is 6.49. The monoisotopic (exact) mass is 525 g/mol. The lowest BCUT2D eigenvalue weighted by molar-refractivity contribution is 0.0996. The van der Waals surface area contributed by atoms with E-state index in [1.165, 1.54) is 6.20 Å². The van der Waals surface area contributed by atoms with Gasteiger partial charge in [-0.25, -0.2) is 13.5 Å². The number of nitrogens with zero attached hydrogens (tertiary/aromatic N) is 6. The van der Waals surface area contributed by atoms with E-state index < -0.39 is 16.9 Å². The average molecular weight is 526 g/mol. The summed E-state index contributed by atoms with van der Waals surface area (Å²) in [5.74, 6) is 1.97. The van der Waals surface area contributed by atoms with Gasteiger partial charge in [-0.2, -0.15) is 4.99 Å². The van der Waals surface area contributed by atoms with Crippen molar-refractivity contribution in [3.05, 3.63) is 47.8 Å². The van der Waals surface area contributed by atoms with Gasteiger partial charge in [0.25, 0.3) is 5.91 Å². The number of carbonyl (C=O) groups is 1. The van der Waals surface area contributed by atoms with Crippen molar-refractivity contribution in [2.24, 2.45) is 4.99 Å². The molecule has 4 heterocycles. The number of amides is 1. The first-order chi connectivity index (χ1) is 18.0. The van der Waals surface area contributed by atoms with Crippen LogP contribution in [0.15, 0.2) is 41.7 Å². The summed E-state index contributed by atoms with van der Waals surface area (Å²) in [6, 6.07) is 7.16. The first kappa shape index (κ1) is 25.3. The van der Waals surface area contributed by atoms with Crippen LogP contribution in [0.3, 0.4) is 0 Å². The summed E-state index contributed by atoms with van der Waals surface area (Å²) in [7, 11) is 2.64. The van der Waals surface area contributed by atoms with E-state index in [1.807, 2.05) is 21.0 Å². The van der Waals surface area contributed by atoms with Gasteiger partial charge in [-0.3, -0.25) is 14.3 Å². The van der Waals surface area contributed by atoms with Crippen LogP contribution in [0.2, 0.25) is 0 Å². The molecule has 1 amide bonds. The predicted molar refractivity (Wildman–Crippen MR) is 141 cm³/mol. The van der Waals surface area contributed by atoms with Gasteiger partial charge >= 0.3 is 0 Å². The minimum Gasteiger partial charge on any atom is -0.491 e. The third-order valence-corrected chi connectivity index (χ3v) is 8.07. The molecule has 5 rings (SSSR count). The van der Waals surface area contributed by atoms with Gasteiger partial charge in [-0.05, 0) is 37.7 Å². The molecule has 1 aromatic carbocycles. The van der Waals surface area contributed by atoms with Crippen molar-refractivity contribution in [3.8, 4) is 11.5 Å². The highest BCUT2D eigenvalue weighted by molar-refractivity contribution is 7.82. The Bertz CT molecular complexity index is 1370. The van der Waals surface area contributed by atoms with Crippen molar-refractivity contribution >= 4 is 33.6 Å². The van der Waals surface area contributed by atoms with Crippen LogP contribution in [0.1, 0.15) is 16.8 Å². The van der Waals surface area contributed by atoms with E-state index in [9.17, 15) is 9.00 Å². The number of carbonyl (C=O) groups excluding carboxylic acids is 1. The van der Waals surface area contributed by atoms with Crippen molar-refractivity contribution in [1.82, 2.24) is 23.7 Å². The minimum atomic E-state index is -1.01. The van der Waals surface area contributed by atoms with Crippen LogP contribution < -0.4 is 20.4 Å². The topological polar surface area (TPSA) is 114 Å². The Kier molecular flexibility index (Phi) is 7.77. The molecule has 0 bridgehead atoms. The molecule has 2 aromatic heterocycles. The molecule has 0 spiro atoms. The first-order valence-electron chi connectivity index (χ1n) is 12.3. The van der Waals surface area contributed by atoms with Crippen LogP contribution in [0.4, 0.5) is 5.82 Å². The van der Waals surface area contributed by atoms with E-state index in [1.54, 1.807) is 25.4 Å². The number of aromatic nitrogens is 3. The molecular formula is C25H31N7O4S. The van der Waals surface area contributed by atoms with Gasteiger partial charge in [-0.15, -0.1) is 0 Å². The van der Waals surface area contributed by atoms with Gasteiger partial charge in [0, 0.05) is 62.8 Å². The molecule has 2 aliphatic rings. The number of pyridine rings is 1. The Morgan fingerprint density at radius 1 is 1.19 bits per heavy atom. The first-order valence-corrected chi connectivity index (χ1v) is 13.6. The van der Waals surface area contributed by atoms with Gasteiger partial charge in [0.1, 0.15) is 11.3 Å². The number of rotatable bonds is 8. The van der Waals surface area contributed by atoms with Gasteiger partial charge in [0.15, 0.2) is 11.5 Å². The van der Waals surface area contributed by atoms with E-state index in [4.69, 9.17) is 14.5 Å². The van der Waals surface area contributed by atoms with Gasteiger partial charge < -0.3 is 19.7 Å². The maximum absolute atomic E-state index is 12.8. The van der Waals surface area contributed by atoms with Crippen molar-refractivity contribution in [3.63, 3.8) is 0 Å². The van der Waals surface area contributed by atoms with Crippen molar-refractivity contribution in [2.75, 3.05) is 64.6 Å². The lowest BCUT2D eigenvalue weighted by Crippen LogP contribution is -2.45.